The van der Waals surface area contributed by atoms with Crippen molar-refractivity contribution in [3.63, 3.8) is 0 Å². The molecule has 0 saturated heterocycles. The van der Waals surface area contributed by atoms with E-state index in [0.717, 1.165) is 24.2 Å². The van der Waals surface area contributed by atoms with E-state index in [1.807, 2.05) is 24.0 Å². The molecule has 2 aliphatic heterocycles. The summed E-state index contributed by atoms with van der Waals surface area (Å²) in [5.41, 5.74) is 17.3. The summed E-state index contributed by atoms with van der Waals surface area (Å²) >= 11 is 1.92. The fraction of sp³-hybridized carbons (Fsp3) is 0.271. The first-order valence-corrected chi connectivity index (χ1v) is 19.3. The smallest absolute Gasteiger partial charge is 0.0921 e. The Morgan fingerprint density at radius 1 is 0.980 bits per heavy atom. The number of nitrogens with zero attached hydrogens (tertiary/aromatic N) is 1. The summed E-state index contributed by atoms with van der Waals surface area (Å²) in [6.45, 7) is 19.9. The van der Waals surface area contributed by atoms with E-state index in [0.29, 0.717) is 0 Å². The van der Waals surface area contributed by atoms with Crippen LogP contribution in [0.2, 0.25) is 0 Å². The van der Waals surface area contributed by atoms with Gasteiger partial charge in [-0.1, -0.05) is 123 Å². The van der Waals surface area contributed by atoms with Crippen LogP contribution in [0, 0.1) is 13.8 Å². The van der Waals surface area contributed by atoms with Gasteiger partial charge in [-0.05, 0) is 133 Å². The molecule has 2 atom stereocenters. The van der Waals surface area contributed by atoms with Gasteiger partial charge in [0.2, 0.25) is 0 Å². The monoisotopic (exact) mass is 688 g/mol. The minimum absolute atomic E-state index is 0.00411. The van der Waals surface area contributed by atoms with Gasteiger partial charge in [0.1, 0.15) is 0 Å². The van der Waals surface area contributed by atoms with Crippen LogP contribution in [-0.2, 0) is 5.41 Å². The number of aryl methyl sites for hydroxylation is 1. The lowest BCUT2D eigenvalue weighted by molar-refractivity contribution is 0.656. The molecule has 2 bridgehead atoms. The molecule has 4 aliphatic rings. The van der Waals surface area contributed by atoms with Crippen LogP contribution in [0.25, 0.3) is 27.8 Å². The number of rotatable bonds is 6. The zero-order valence-corrected chi connectivity index (χ0v) is 32.2. The van der Waals surface area contributed by atoms with Crippen molar-refractivity contribution < 1.29 is 0 Å². The van der Waals surface area contributed by atoms with Crippen LogP contribution >= 0.6 is 11.8 Å². The summed E-state index contributed by atoms with van der Waals surface area (Å²) < 4.78 is 0. The second kappa shape index (κ2) is 15.7. The molecule has 1 N–H and O–H groups in total. The van der Waals surface area contributed by atoms with Gasteiger partial charge in [0, 0.05) is 22.3 Å². The van der Waals surface area contributed by atoms with Crippen molar-refractivity contribution in [2.24, 2.45) is 4.99 Å². The van der Waals surface area contributed by atoms with Crippen LogP contribution in [-0.4, -0.2) is 24.1 Å². The number of benzene rings is 3. The number of thioether (sulfide) groups is 1. The summed E-state index contributed by atoms with van der Waals surface area (Å²) in [5, 5.41) is 3.41. The molecule has 7 rings (SSSR count). The highest BCUT2D eigenvalue weighted by molar-refractivity contribution is 7.99. The minimum atomic E-state index is 0.00411. The van der Waals surface area contributed by atoms with Gasteiger partial charge in [0.05, 0.1) is 12.1 Å². The van der Waals surface area contributed by atoms with Gasteiger partial charge in [0.25, 0.3) is 0 Å². The van der Waals surface area contributed by atoms with Crippen molar-refractivity contribution >= 4 is 23.5 Å². The molecule has 2 heterocycles. The van der Waals surface area contributed by atoms with E-state index in [1.54, 1.807) is 0 Å². The molecule has 0 spiro atoms. The Bertz CT molecular complexity index is 2070. The van der Waals surface area contributed by atoms with Crippen molar-refractivity contribution in [3.05, 3.63) is 167 Å². The van der Waals surface area contributed by atoms with Crippen LogP contribution in [0.1, 0.15) is 75.3 Å². The molecule has 0 saturated carbocycles. The molecule has 2 aliphatic carbocycles. The summed E-state index contributed by atoms with van der Waals surface area (Å²) in [6.07, 6.45) is 28.0. The third-order valence-corrected chi connectivity index (χ3v) is 11.4. The van der Waals surface area contributed by atoms with Crippen LogP contribution in [0.5, 0.6) is 0 Å². The Kier molecular flexibility index (Phi) is 11.2. The normalized spacial score (nSPS) is 20.3. The summed E-state index contributed by atoms with van der Waals surface area (Å²) in [7, 11) is 0. The molecule has 0 radical (unpaired) electrons. The van der Waals surface area contributed by atoms with E-state index in [4.69, 9.17) is 4.99 Å². The first-order chi connectivity index (χ1) is 24.6. The third kappa shape index (κ3) is 7.55. The Balaban J connectivity index is 0.000000193. The molecule has 0 fully saturated rings. The predicted molar refractivity (Wildman–Crippen MR) is 225 cm³/mol. The summed E-state index contributed by atoms with van der Waals surface area (Å²) in [5.74, 6) is 0.966. The first-order valence-electron chi connectivity index (χ1n) is 18.3. The number of nitrogens with one attached hydrogen (secondary N) is 1. The molecule has 0 amide bonds. The van der Waals surface area contributed by atoms with Crippen molar-refractivity contribution in [1.82, 2.24) is 5.32 Å². The maximum Gasteiger partial charge on any atom is 0.0921 e. The van der Waals surface area contributed by atoms with Crippen molar-refractivity contribution in [2.45, 2.75) is 83.7 Å². The highest BCUT2D eigenvalue weighted by Crippen LogP contribution is 2.52. The lowest BCUT2D eigenvalue weighted by Gasteiger charge is -2.26. The van der Waals surface area contributed by atoms with Crippen LogP contribution in [0.4, 0.5) is 0 Å². The topological polar surface area (TPSA) is 24.4 Å². The molecular formula is C48H52N2S. The Labute approximate surface area is 311 Å². The van der Waals surface area contributed by atoms with Crippen LogP contribution in [0.15, 0.2) is 149 Å². The summed E-state index contributed by atoms with van der Waals surface area (Å²) in [4.78, 5) is 6.12. The van der Waals surface area contributed by atoms with Gasteiger partial charge in [-0.25, -0.2) is 0 Å². The average molecular weight is 689 g/mol. The highest BCUT2D eigenvalue weighted by Gasteiger charge is 2.37. The molecule has 2 nitrogen and oxygen atoms in total. The van der Waals surface area contributed by atoms with Crippen molar-refractivity contribution in [2.75, 3.05) is 5.75 Å². The molecule has 51 heavy (non-hydrogen) atoms. The second-order valence-corrected chi connectivity index (χ2v) is 15.5. The number of aliphatic imine (C=N–C) groups is 1. The second-order valence-electron chi connectivity index (χ2n) is 14.5. The van der Waals surface area contributed by atoms with E-state index < -0.39 is 0 Å². The number of fused-ring (bicyclic) bond motifs is 4. The maximum absolute atomic E-state index is 4.77. The van der Waals surface area contributed by atoms with E-state index in [9.17, 15) is 0 Å². The van der Waals surface area contributed by atoms with Gasteiger partial charge in [-0.3, -0.25) is 4.99 Å². The average Bonchev–Trinajstić information content (AvgIpc) is 3.31. The molecule has 260 valence electrons. The largest absolute Gasteiger partial charge is 0.381 e. The quantitative estimate of drug-likeness (QED) is 0.206. The van der Waals surface area contributed by atoms with E-state index in [2.05, 4.69) is 170 Å². The van der Waals surface area contributed by atoms with Gasteiger partial charge >= 0.3 is 0 Å². The third-order valence-electron chi connectivity index (χ3n) is 10.3. The minimum Gasteiger partial charge on any atom is -0.381 e. The Morgan fingerprint density at radius 2 is 1.78 bits per heavy atom. The van der Waals surface area contributed by atoms with E-state index >= 15 is 0 Å². The molecular weight excluding hydrogens is 637 g/mol. The number of dihydropyridines is 1. The molecule has 3 heteroatoms. The van der Waals surface area contributed by atoms with Crippen molar-refractivity contribution in [3.8, 4) is 22.3 Å². The van der Waals surface area contributed by atoms with Gasteiger partial charge in [-0.2, -0.15) is 0 Å². The molecule has 2 unspecified atom stereocenters. The van der Waals surface area contributed by atoms with Gasteiger partial charge < -0.3 is 5.32 Å². The molecule has 3 aromatic rings. The van der Waals surface area contributed by atoms with Gasteiger partial charge in [0.15, 0.2) is 0 Å². The number of hydrogen-bond donors (Lipinski definition) is 1. The fourth-order valence-electron chi connectivity index (χ4n) is 7.86. The standard InChI is InChI=1S/C30H32S.C18H20N2/c1-8-9-18-31-29-22(19(2)3)15-14-20(4)27(29)23-16-17-25-24-12-10-11-13-26(24)30(6,7)28(25)21(23)5;1-14-11-15-7-3-2-5-9-20-18(13-15)16(12-14)17-8-4-6-10-19-17/h8-17H,2,18H2,1,3-7H3;3-4,6-13,17-19H,2,5H2,1H3/b9-8-;7-3+,20-9?. The van der Waals surface area contributed by atoms with Crippen LogP contribution in [0.3, 0.4) is 0 Å². The van der Waals surface area contributed by atoms with Gasteiger partial charge in [-0.15, -0.1) is 11.8 Å². The van der Waals surface area contributed by atoms with Crippen molar-refractivity contribution in [1.29, 1.82) is 0 Å². The predicted octanol–water partition coefficient (Wildman–Crippen LogP) is 12.6. The molecule has 0 aromatic heterocycles. The zero-order valence-electron chi connectivity index (χ0n) is 31.4. The maximum atomic E-state index is 4.77. The Hall–Kier alpha value is -4.60. The van der Waals surface area contributed by atoms with E-state index in [-0.39, 0.29) is 17.5 Å². The Morgan fingerprint density at radius 3 is 2.55 bits per heavy atom. The summed E-state index contributed by atoms with van der Waals surface area (Å²) in [6, 6.07) is 18.4. The SMILES string of the molecule is C=C(C)c1ccc(C)c(-c2ccc3c(c2C)C(C)(C)c2ccccc2-3)c1SC/C=C\C.CC1=CC2=CC(N=CCC/C=C/2)C(C2C=CC=CN2)=C1. The fourth-order valence-corrected chi connectivity index (χ4v) is 9.13. The lowest BCUT2D eigenvalue weighted by Crippen LogP contribution is -2.30. The number of hydrogen-bond acceptors (Lipinski definition) is 3. The highest BCUT2D eigenvalue weighted by atomic mass is 32.2. The number of allylic oxidation sites excluding steroid dienone is 10. The van der Waals surface area contributed by atoms with Crippen LogP contribution < -0.4 is 5.32 Å². The first kappa shape index (κ1) is 36.2. The van der Waals surface area contributed by atoms with E-state index in [1.165, 1.54) is 71.7 Å². The lowest BCUT2D eigenvalue weighted by atomic mass is 9.78. The molecule has 3 aromatic carbocycles. The zero-order chi connectivity index (χ0) is 36.1.